The first kappa shape index (κ1) is 14.8. The van der Waals surface area contributed by atoms with E-state index in [0.29, 0.717) is 16.1 Å². The zero-order chi connectivity index (χ0) is 15.2. The van der Waals surface area contributed by atoms with Crippen LogP contribution in [0.15, 0.2) is 35.7 Å². The number of ether oxygens (including phenoxy) is 1. The minimum Gasteiger partial charge on any atom is -0.451 e. The van der Waals surface area contributed by atoms with E-state index in [1.54, 1.807) is 36.6 Å². The van der Waals surface area contributed by atoms with Gasteiger partial charge in [-0.3, -0.25) is 4.79 Å². The van der Waals surface area contributed by atoms with E-state index in [0.717, 1.165) is 5.56 Å². The lowest BCUT2D eigenvalue weighted by Crippen LogP contribution is -2.21. The highest BCUT2D eigenvalue weighted by Gasteiger charge is 2.14. The van der Waals surface area contributed by atoms with E-state index < -0.39 is 18.5 Å². The number of esters is 1. The topological polar surface area (TPSA) is 79.2 Å². The molecule has 0 spiro atoms. The van der Waals surface area contributed by atoms with Gasteiger partial charge in [0.05, 0.1) is 11.3 Å². The SMILES string of the molecule is Cc1ccsc1C(=O)OCC(=O)Nc1ccccc1C#N. The average molecular weight is 300 g/mol. The third-order valence-corrected chi connectivity index (χ3v) is 3.70. The van der Waals surface area contributed by atoms with E-state index in [9.17, 15) is 9.59 Å². The first-order valence-electron chi connectivity index (χ1n) is 6.12. The molecule has 1 aromatic heterocycles. The number of anilines is 1. The van der Waals surface area contributed by atoms with Crippen LogP contribution in [-0.4, -0.2) is 18.5 Å². The molecule has 2 aromatic rings. The number of rotatable bonds is 4. The van der Waals surface area contributed by atoms with E-state index in [4.69, 9.17) is 10.00 Å². The molecule has 106 valence electrons. The number of carbonyl (C=O) groups is 2. The zero-order valence-electron chi connectivity index (χ0n) is 11.3. The van der Waals surface area contributed by atoms with Gasteiger partial charge in [0.1, 0.15) is 10.9 Å². The van der Waals surface area contributed by atoms with Crippen molar-refractivity contribution >= 4 is 28.9 Å². The standard InChI is InChI=1S/C15H12N2O3S/c1-10-6-7-21-14(10)15(19)20-9-13(18)17-12-5-3-2-4-11(12)8-16/h2-7H,9H2,1H3,(H,17,18). The van der Waals surface area contributed by atoms with Crippen LogP contribution in [0.25, 0.3) is 0 Å². The molecule has 1 aromatic carbocycles. The molecule has 1 amide bonds. The van der Waals surface area contributed by atoms with Crippen molar-refractivity contribution in [2.45, 2.75) is 6.92 Å². The molecule has 0 atom stereocenters. The van der Waals surface area contributed by atoms with Crippen molar-refractivity contribution in [2.75, 3.05) is 11.9 Å². The Balaban J connectivity index is 1.93. The minimum absolute atomic E-state index is 0.353. The summed E-state index contributed by atoms with van der Waals surface area (Å²) in [5.41, 5.74) is 1.57. The van der Waals surface area contributed by atoms with Crippen molar-refractivity contribution in [1.29, 1.82) is 5.26 Å². The lowest BCUT2D eigenvalue weighted by atomic mass is 10.2. The molecule has 1 N–H and O–H groups in total. The lowest BCUT2D eigenvalue weighted by Gasteiger charge is -2.07. The summed E-state index contributed by atoms with van der Waals surface area (Å²) in [6, 6.07) is 10.4. The fourth-order valence-electron chi connectivity index (χ4n) is 1.65. The first-order chi connectivity index (χ1) is 10.1. The summed E-state index contributed by atoms with van der Waals surface area (Å²) in [5.74, 6) is -1.01. The van der Waals surface area contributed by atoms with Crippen LogP contribution in [0.4, 0.5) is 5.69 Å². The molecule has 2 rings (SSSR count). The maximum absolute atomic E-state index is 11.8. The third kappa shape index (κ3) is 3.68. The van der Waals surface area contributed by atoms with Gasteiger partial charge in [-0.05, 0) is 36.1 Å². The van der Waals surface area contributed by atoms with Gasteiger partial charge in [-0.25, -0.2) is 4.79 Å². The number of benzene rings is 1. The molecule has 0 radical (unpaired) electrons. The smallest absolute Gasteiger partial charge is 0.349 e. The van der Waals surface area contributed by atoms with Gasteiger partial charge in [0.15, 0.2) is 6.61 Å². The van der Waals surface area contributed by atoms with E-state index in [-0.39, 0.29) is 0 Å². The van der Waals surface area contributed by atoms with Crippen molar-refractivity contribution in [3.63, 3.8) is 0 Å². The summed E-state index contributed by atoms with van der Waals surface area (Å²) in [7, 11) is 0. The number of para-hydroxylation sites is 1. The molecular weight excluding hydrogens is 288 g/mol. The predicted molar refractivity (Wildman–Crippen MR) is 79.1 cm³/mol. The molecule has 0 aliphatic carbocycles. The highest BCUT2D eigenvalue weighted by atomic mass is 32.1. The Bertz CT molecular complexity index is 716. The second kappa shape index (κ2) is 6.68. The molecule has 21 heavy (non-hydrogen) atoms. The summed E-state index contributed by atoms with van der Waals surface area (Å²) in [6.45, 7) is 1.41. The highest BCUT2D eigenvalue weighted by Crippen LogP contribution is 2.17. The average Bonchev–Trinajstić information content (AvgIpc) is 2.91. The Kier molecular flexibility index (Phi) is 4.69. The summed E-state index contributed by atoms with van der Waals surface area (Å²) in [4.78, 5) is 24.0. The van der Waals surface area contributed by atoms with Gasteiger partial charge in [0, 0.05) is 0 Å². The lowest BCUT2D eigenvalue weighted by molar-refractivity contribution is -0.119. The number of nitriles is 1. The number of hydrogen-bond acceptors (Lipinski definition) is 5. The first-order valence-corrected chi connectivity index (χ1v) is 7.00. The van der Waals surface area contributed by atoms with Crippen molar-refractivity contribution in [3.8, 4) is 6.07 Å². The molecule has 0 bridgehead atoms. The normalized spacial score (nSPS) is 9.71. The highest BCUT2D eigenvalue weighted by molar-refractivity contribution is 7.12. The molecule has 5 nitrogen and oxygen atoms in total. The fraction of sp³-hybridized carbons (Fsp3) is 0.133. The summed E-state index contributed by atoms with van der Waals surface area (Å²) < 4.78 is 4.95. The van der Waals surface area contributed by atoms with E-state index in [1.165, 1.54) is 11.3 Å². The maximum Gasteiger partial charge on any atom is 0.349 e. The van der Waals surface area contributed by atoms with E-state index in [1.807, 2.05) is 12.1 Å². The monoisotopic (exact) mass is 300 g/mol. The second-order valence-corrected chi connectivity index (χ2v) is 5.13. The van der Waals surface area contributed by atoms with E-state index >= 15 is 0 Å². The Morgan fingerprint density at radius 1 is 1.33 bits per heavy atom. The number of hydrogen-bond donors (Lipinski definition) is 1. The van der Waals surface area contributed by atoms with Gasteiger partial charge < -0.3 is 10.1 Å². The predicted octanol–water partition coefficient (Wildman–Crippen LogP) is 2.72. The Morgan fingerprint density at radius 3 is 2.76 bits per heavy atom. The number of nitrogens with one attached hydrogen (secondary N) is 1. The largest absolute Gasteiger partial charge is 0.451 e. The van der Waals surface area contributed by atoms with Gasteiger partial charge in [0.25, 0.3) is 5.91 Å². The molecule has 0 aliphatic heterocycles. The molecule has 0 saturated carbocycles. The summed E-state index contributed by atoms with van der Waals surface area (Å²) in [5, 5.41) is 13.2. The van der Waals surface area contributed by atoms with Gasteiger partial charge in [0.2, 0.25) is 0 Å². The number of thiophene rings is 1. The summed E-state index contributed by atoms with van der Waals surface area (Å²) in [6.07, 6.45) is 0. The van der Waals surface area contributed by atoms with Crippen molar-refractivity contribution < 1.29 is 14.3 Å². The van der Waals surface area contributed by atoms with E-state index in [2.05, 4.69) is 5.32 Å². The Hall–Kier alpha value is -2.65. The van der Waals surface area contributed by atoms with Gasteiger partial charge in [-0.2, -0.15) is 5.26 Å². The molecule has 1 heterocycles. The van der Waals surface area contributed by atoms with Crippen LogP contribution < -0.4 is 5.32 Å². The van der Waals surface area contributed by atoms with Crippen LogP contribution in [0.5, 0.6) is 0 Å². The Morgan fingerprint density at radius 2 is 2.10 bits per heavy atom. The quantitative estimate of drug-likeness (QED) is 0.880. The van der Waals surface area contributed by atoms with Crippen LogP contribution in [0.1, 0.15) is 20.8 Å². The maximum atomic E-state index is 11.8. The van der Waals surface area contributed by atoms with Crippen molar-refractivity contribution in [1.82, 2.24) is 0 Å². The van der Waals surface area contributed by atoms with Crippen molar-refractivity contribution in [2.24, 2.45) is 0 Å². The van der Waals surface area contributed by atoms with Crippen LogP contribution in [-0.2, 0) is 9.53 Å². The minimum atomic E-state index is -0.522. The summed E-state index contributed by atoms with van der Waals surface area (Å²) >= 11 is 1.27. The molecule has 0 fully saturated rings. The van der Waals surface area contributed by atoms with Gasteiger partial charge in [-0.1, -0.05) is 12.1 Å². The van der Waals surface area contributed by atoms with Crippen LogP contribution in [0, 0.1) is 18.3 Å². The van der Waals surface area contributed by atoms with Gasteiger partial charge in [-0.15, -0.1) is 11.3 Å². The molecule has 6 heteroatoms. The Labute approximate surface area is 125 Å². The molecule has 0 aliphatic rings. The number of carbonyl (C=O) groups excluding carboxylic acids is 2. The molecular formula is C15H12N2O3S. The number of amides is 1. The van der Waals surface area contributed by atoms with Crippen LogP contribution >= 0.6 is 11.3 Å². The van der Waals surface area contributed by atoms with Crippen LogP contribution in [0.3, 0.4) is 0 Å². The van der Waals surface area contributed by atoms with Crippen molar-refractivity contribution in [3.05, 3.63) is 51.7 Å². The number of aryl methyl sites for hydroxylation is 1. The second-order valence-electron chi connectivity index (χ2n) is 4.21. The third-order valence-electron chi connectivity index (χ3n) is 2.70. The molecule has 0 saturated heterocycles. The fourth-order valence-corrected chi connectivity index (χ4v) is 2.47. The zero-order valence-corrected chi connectivity index (χ0v) is 12.1. The van der Waals surface area contributed by atoms with Gasteiger partial charge >= 0.3 is 5.97 Å². The molecule has 0 unspecified atom stereocenters. The number of nitrogens with zero attached hydrogens (tertiary/aromatic N) is 1. The van der Waals surface area contributed by atoms with Crippen LogP contribution in [0.2, 0.25) is 0 Å².